The van der Waals surface area contributed by atoms with Gasteiger partial charge in [-0.3, -0.25) is 0 Å². The van der Waals surface area contributed by atoms with E-state index in [0.717, 1.165) is 23.5 Å². The zero-order valence-electron chi connectivity index (χ0n) is 11.1. The number of carbonyl (C=O) groups is 1. The molecule has 2 amide bonds. The highest BCUT2D eigenvalue weighted by molar-refractivity contribution is 7.09. The molecule has 0 saturated carbocycles. The number of thiazole rings is 1. The lowest BCUT2D eigenvalue weighted by Crippen LogP contribution is -2.51. The van der Waals surface area contributed by atoms with Gasteiger partial charge in [0.1, 0.15) is 5.01 Å². The Balaban J connectivity index is 2.03. The maximum Gasteiger partial charge on any atom is 0.319 e. The average molecular weight is 268 g/mol. The third-order valence-corrected chi connectivity index (χ3v) is 4.53. The molecule has 2 N–H and O–H groups in total. The minimum absolute atomic E-state index is 0.0624. The number of amides is 2. The molecule has 100 valence electrons. The lowest BCUT2D eigenvalue weighted by atomic mass is 9.89. The predicted molar refractivity (Wildman–Crippen MR) is 72.6 cm³/mol. The van der Waals surface area contributed by atoms with E-state index in [4.69, 9.17) is 5.73 Å². The third kappa shape index (κ3) is 2.49. The first-order valence-corrected chi connectivity index (χ1v) is 6.98. The van der Waals surface area contributed by atoms with Crippen LogP contribution in [0.25, 0.3) is 0 Å². The van der Waals surface area contributed by atoms with Crippen molar-refractivity contribution in [3.63, 3.8) is 0 Å². The Morgan fingerprint density at radius 2 is 2.11 bits per heavy atom. The maximum atomic E-state index is 11.8. The summed E-state index contributed by atoms with van der Waals surface area (Å²) in [6.07, 6.45) is 1.55. The normalized spacial score (nSPS) is 18.8. The number of rotatable bonds is 1. The van der Waals surface area contributed by atoms with Crippen molar-refractivity contribution in [2.24, 2.45) is 5.73 Å². The largest absolute Gasteiger partial charge is 0.331 e. The summed E-state index contributed by atoms with van der Waals surface area (Å²) in [7, 11) is 3.55. The van der Waals surface area contributed by atoms with E-state index in [1.807, 2.05) is 17.2 Å². The quantitative estimate of drug-likeness (QED) is 0.837. The standard InChI is InChI=1S/C12H20N4OS/c1-9-8-18-10(14-9)12(13)4-6-16(7-5-12)11(17)15(2)3/h8H,4-7,13H2,1-3H3. The molecule has 5 nitrogen and oxygen atoms in total. The molecule has 0 aliphatic carbocycles. The molecule has 0 spiro atoms. The molecule has 0 aromatic carbocycles. The molecule has 6 heteroatoms. The smallest absolute Gasteiger partial charge is 0.319 e. The number of carbonyl (C=O) groups excluding carboxylic acids is 1. The van der Waals surface area contributed by atoms with Gasteiger partial charge in [0.2, 0.25) is 0 Å². The summed E-state index contributed by atoms with van der Waals surface area (Å²) in [5, 5.41) is 3.03. The number of aryl methyl sites for hydroxylation is 1. The number of likely N-dealkylation sites (tertiary alicyclic amines) is 1. The van der Waals surface area contributed by atoms with Crippen LogP contribution in [-0.4, -0.2) is 48.0 Å². The van der Waals surface area contributed by atoms with Crippen molar-refractivity contribution < 1.29 is 4.79 Å². The second-order valence-electron chi connectivity index (χ2n) is 5.11. The van der Waals surface area contributed by atoms with E-state index >= 15 is 0 Å². The van der Waals surface area contributed by atoms with Crippen molar-refractivity contribution in [1.29, 1.82) is 0 Å². The van der Waals surface area contributed by atoms with Gasteiger partial charge in [0.05, 0.1) is 5.54 Å². The summed E-state index contributed by atoms with van der Waals surface area (Å²) in [6.45, 7) is 3.38. The van der Waals surface area contributed by atoms with Gasteiger partial charge in [-0.25, -0.2) is 9.78 Å². The Bertz CT molecular complexity index is 435. The maximum absolute atomic E-state index is 11.8. The van der Waals surface area contributed by atoms with Gasteiger partial charge in [0.25, 0.3) is 0 Å². The molecule has 18 heavy (non-hydrogen) atoms. The first kappa shape index (κ1) is 13.3. The number of nitrogens with zero attached hydrogens (tertiary/aromatic N) is 3. The number of piperidine rings is 1. The molecule has 0 atom stereocenters. The van der Waals surface area contributed by atoms with Crippen LogP contribution in [0.5, 0.6) is 0 Å². The SMILES string of the molecule is Cc1csc(C2(N)CCN(C(=O)N(C)C)CC2)n1. The van der Waals surface area contributed by atoms with Gasteiger partial charge in [0.15, 0.2) is 0 Å². The van der Waals surface area contributed by atoms with Gasteiger partial charge < -0.3 is 15.5 Å². The lowest BCUT2D eigenvalue weighted by molar-refractivity contribution is 0.138. The highest BCUT2D eigenvalue weighted by atomic mass is 32.1. The summed E-state index contributed by atoms with van der Waals surface area (Å²) in [6, 6.07) is 0.0624. The zero-order valence-corrected chi connectivity index (χ0v) is 12.0. The highest BCUT2D eigenvalue weighted by Gasteiger charge is 2.36. The van der Waals surface area contributed by atoms with E-state index in [1.165, 1.54) is 0 Å². The lowest BCUT2D eigenvalue weighted by Gasteiger charge is -2.38. The van der Waals surface area contributed by atoms with E-state index in [0.29, 0.717) is 13.1 Å². The highest BCUT2D eigenvalue weighted by Crippen LogP contribution is 2.32. The Kier molecular flexibility index (Phi) is 3.59. The van der Waals surface area contributed by atoms with Gasteiger partial charge in [0, 0.05) is 38.3 Å². The second kappa shape index (κ2) is 4.85. The average Bonchev–Trinajstić information content (AvgIpc) is 2.76. The van der Waals surface area contributed by atoms with Gasteiger partial charge >= 0.3 is 6.03 Å². The van der Waals surface area contributed by atoms with Crippen LogP contribution in [0.15, 0.2) is 5.38 Å². The van der Waals surface area contributed by atoms with Crippen LogP contribution < -0.4 is 5.73 Å². The summed E-state index contributed by atoms with van der Waals surface area (Å²) in [4.78, 5) is 19.8. The number of hydrogen-bond donors (Lipinski definition) is 1. The van der Waals surface area contributed by atoms with E-state index in [1.54, 1.807) is 30.3 Å². The molecule has 0 radical (unpaired) electrons. The van der Waals surface area contributed by atoms with Crippen LogP contribution in [0.3, 0.4) is 0 Å². The Labute approximate surface area is 112 Å². The summed E-state index contributed by atoms with van der Waals surface area (Å²) < 4.78 is 0. The molecule has 1 aromatic heterocycles. The van der Waals surface area contributed by atoms with Gasteiger partial charge in [-0.05, 0) is 19.8 Å². The van der Waals surface area contributed by atoms with Crippen LogP contribution in [0.1, 0.15) is 23.5 Å². The van der Waals surface area contributed by atoms with Crippen LogP contribution in [0.4, 0.5) is 4.79 Å². The topological polar surface area (TPSA) is 62.5 Å². The fraction of sp³-hybridized carbons (Fsp3) is 0.667. The van der Waals surface area contributed by atoms with E-state index < -0.39 is 0 Å². The van der Waals surface area contributed by atoms with E-state index in [-0.39, 0.29) is 11.6 Å². The zero-order chi connectivity index (χ0) is 13.3. The number of urea groups is 1. The monoisotopic (exact) mass is 268 g/mol. The second-order valence-corrected chi connectivity index (χ2v) is 5.97. The van der Waals surface area contributed by atoms with Crippen molar-refractivity contribution in [3.8, 4) is 0 Å². The summed E-state index contributed by atoms with van der Waals surface area (Å²) in [5.74, 6) is 0. The number of hydrogen-bond acceptors (Lipinski definition) is 4. The van der Waals surface area contributed by atoms with E-state index in [9.17, 15) is 4.79 Å². The molecule has 0 unspecified atom stereocenters. The minimum Gasteiger partial charge on any atom is -0.331 e. The summed E-state index contributed by atoms with van der Waals surface area (Å²) in [5.41, 5.74) is 7.09. The molecule has 1 aromatic rings. The first-order chi connectivity index (χ1) is 8.42. The van der Waals surface area contributed by atoms with Gasteiger partial charge in [-0.2, -0.15) is 0 Å². The Morgan fingerprint density at radius 3 is 2.56 bits per heavy atom. The predicted octanol–water partition coefficient (Wildman–Crippen LogP) is 1.38. The van der Waals surface area contributed by atoms with Crippen LogP contribution in [-0.2, 0) is 5.54 Å². The molecule has 0 bridgehead atoms. The van der Waals surface area contributed by atoms with Crippen molar-refractivity contribution in [1.82, 2.24) is 14.8 Å². The Hall–Kier alpha value is -1.14. The fourth-order valence-electron chi connectivity index (χ4n) is 2.18. The van der Waals surface area contributed by atoms with Crippen molar-refractivity contribution in [2.45, 2.75) is 25.3 Å². The molecule has 1 aliphatic heterocycles. The fourth-order valence-corrected chi connectivity index (χ4v) is 3.15. The molecular weight excluding hydrogens is 248 g/mol. The summed E-state index contributed by atoms with van der Waals surface area (Å²) >= 11 is 1.62. The Morgan fingerprint density at radius 1 is 1.50 bits per heavy atom. The van der Waals surface area contributed by atoms with Crippen LogP contribution in [0.2, 0.25) is 0 Å². The van der Waals surface area contributed by atoms with Crippen molar-refractivity contribution in [3.05, 3.63) is 16.1 Å². The number of nitrogens with two attached hydrogens (primary N) is 1. The number of aromatic nitrogens is 1. The minimum atomic E-state index is -0.359. The first-order valence-electron chi connectivity index (χ1n) is 6.10. The van der Waals surface area contributed by atoms with E-state index in [2.05, 4.69) is 4.98 Å². The molecule has 2 heterocycles. The van der Waals surface area contributed by atoms with Crippen molar-refractivity contribution >= 4 is 17.4 Å². The van der Waals surface area contributed by atoms with Gasteiger partial charge in [-0.15, -0.1) is 11.3 Å². The van der Waals surface area contributed by atoms with Crippen LogP contribution in [0, 0.1) is 6.92 Å². The van der Waals surface area contributed by atoms with Crippen LogP contribution >= 0.6 is 11.3 Å². The molecular formula is C12H20N4OS. The molecule has 1 aliphatic rings. The van der Waals surface area contributed by atoms with Crippen molar-refractivity contribution in [2.75, 3.05) is 27.2 Å². The van der Waals surface area contributed by atoms with Gasteiger partial charge in [-0.1, -0.05) is 0 Å². The molecule has 2 rings (SSSR count). The molecule has 1 saturated heterocycles. The third-order valence-electron chi connectivity index (χ3n) is 3.35. The molecule has 1 fully saturated rings.